The minimum absolute atomic E-state index is 0.290. The van der Waals surface area contributed by atoms with Gasteiger partial charge in [0.25, 0.3) is 11.8 Å². The van der Waals surface area contributed by atoms with Gasteiger partial charge in [-0.25, -0.2) is 0 Å². The highest BCUT2D eigenvalue weighted by atomic mass is 16.4. The fourth-order valence-corrected chi connectivity index (χ4v) is 8.13. The van der Waals surface area contributed by atoms with E-state index >= 15 is 0 Å². The Labute approximate surface area is 424 Å². The number of unbranched alkanes of at least 4 members (excludes halogenated alkanes) is 23. The second kappa shape index (κ2) is 44.4. The van der Waals surface area contributed by atoms with Crippen LogP contribution in [0.1, 0.15) is 194 Å². The lowest BCUT2D eigenvalue weighted by atomic mass is 10.0. The molecule has 0 aliphatic carbocycles. The van der Waals surface area contributed by atoms with Gasteiger partial charge in [0.05, 0.1) is 13.2 Å². The van der Waals surface area contributed by atoms with E-state index in [4.69, 9.17) is 10.2 Å². The highest BCUT2D eigenvalue weighted by molar-refractivity contribution is 5.89. The third kappa shape index (κ3) is 33.4. The van der Waals surface area contributed by atoms with Crippen molar-refractivity contribution in [3.8, 4) is 0 Å². The van der Waals surface area contributed by atoms with Gasteiger partial charge in [0.15, 0.2) is 12.2 Å². The maximum Gasteiger partial charge on any atom is 0.251 e. The van der Waals surface area contributed by atoms with E-state index < -0.39 is 91.7 Å². The van der Waals surface area contributed by atoms with Gasteiger partial charge in [-0.05, 0) is 12.8 Å². The second-order valence-electron chi connectivity index (χ2n) is 19.1. The fourth-order valence-electron chi connectivity index (χ4n) is 8.13. The average molecular weight is 1020 g/mol. The molecule has 0 bridgehead atoms. The molecule has 0 aromatic rings. The van der Waals surface area contributed by atoms with E-state index in [2.05, 4.69) is 35.1 Å². The quantitative estimate of drug-likeness (QED) is 0.0384. The first-order valence-corrected chi connectivity index (χ1v) is 27.1. The topological polar surface area (TPSA) is 339 Å². The molecule has 5 amide bonds. The third-order valence-corrected chi connectivity index (χ3v) is 12.9. The molecule has 0 aliphatic heterocycles. The van der Waals surface area contributed by atoms with Gasteiger partial charge >= 0.3 is 0 Å². The van der Waals surface area contributed by atoms with Crippen molar-refractivity contribution in [3.05, 3.63) is 0 Å². The predicted molar refractivity (Wildman–Crippen MR) is 270 cm³/mol. The van der Waals surface area contributed by atoms with E-state index in [1.165, 1.54) is 96.3 Å². The molecule has 0 spiro atoms. The molecule has 20 heteroatoms. The van der Waals surface area contributed by atoms with Gasteiger partial charge in [0.2, 0.25) is 17.7 Å². The van der Waals surface area contributed by atoms with Crippen LogP contribution < -0.4 is 21.3 Å². The molecule has 0 aliphatic rings. The summed E-state index contributed by atoms with van der Waals surface area (Å²) in [4.78, 5) is 66.3. The normalized spacial score (nSPS) is 15.4. The number of rotatable bonds is 48. The number of carbonyl (C=O) groups is 5. The van der Waals surface area contributed by atoms with Gasteiger partial charge < -0.3 is 77.2 Å². The number of aliphatic hydroxyl groups excluding tert-OH is 10. The Kier molecular flexibility index (Phi) is 42.5. The van der Waals surface area contributed by atoms with Crippen molar-refractivity contribution in [2.75, 3.05) is 45.9 Å². The number of amides is 5. The van der Waals surface area contributed by atoms with E-state index in [-0.39, 0.29) is 44.9 Å². The Bertz CT molecular complexity index is 1320. The number of carbonyl (C=O) groups excluding carboxylic acids is 5. The largest absolute Gasteiger partial charge is 0.394 e. The van der Waals surface area contributed by atoms with Crippen LogP contribution in [-0.4, -0.2) is 186 Å². The van der Waals surface area contributed by atoms with Crippen molar-refractivity contribution in [3.63, 3.8) is 0 Å². The van der Waals surface area contributed by atoms with Crippen LogP contribution in [0.15, 0.2) is 0 Å². The minimum atomic E-state index is -2.25. The lowest BCUT2D eigenvalue weighted by molar-refractivity contribution is -0.149. The molecule has 0 aromatic carbocycles. The zero-order chi connectivity index (χ0) is 53.2. The van der Waals surface area contributed by atoms with Gasteiger partial charge in [0, 0.05) is 45.6 Å². The zero-order valence-electron chi connectivity index (χ0n) is 43.4. The van der Waals surface area contributed by atoms with E-state index in [0.29, 0.717) is 13.0 Å². The molecule has 9 atom stereocenters. The number of hydrogen-bond acceptors (Lipinski definition) is 15. The van der Waals surface area contributed by atoms with Crippen molar-refractivity contribution in [1.29, 1.82) is 0 Å². The van der Waals surface area contributed by atoms with Crippen LogP contribution in [0.5, 0.6) is 0 Å². The van der Waals surface area contributed by atoms with Crippen molar-refractivity contribution >= 4 is 29.5 Å². The summed E-state index contributed by atoms with van der Waals surface area (Å²) in [5.41, 5.74) is 0. The summed E-state index contributed by atoms with van der Waals surface area (Å²) < 4.78 is 0. The summed E-state index contributed by atoms with van der Waals surface area (Å²) in [7, 11) is 0. The summed E-state index contributed by atoms with van der Waals surface area (Å²) in [6, 6.07) is -0.817. The number of nitrogens with zero attached hydrogens (tertiary/aromatic N) is 1. The van der Waals surface area contributed by atoms with Crippen molar-refractivity contribution < 1.29 is 75.0 Å². The highest BCUT2D eigenvalue weighted by Crippen LogP contribution is 2.16. The molecule has 0 radical (unpaired) electrons. The van der Waals surface area contributed by atoms with E-state index in [1.54, 1.807) is 0 Å². The Balaban J connectivity index is 5.28. The molecule has 418 valence electrons. The molecule has 14 N–H and O–H groups in total. The first-order valence-electron chi connectivity index (χ1n) is 27.1. The molecule has 0 fully saturated rings. The first kappa shape index (κ1) is 68.0. The highest BCUT2D eigenvalue weighted by Gasteiger charge is 2.35. The van der Waals surface area contributed by atoms with Crippen molar-refractivity contribution in [2.24, 2.45) is 0 Å². The Hall–Kier alpha value is -3.05. The van der Waals surface area contributed by atoms with Crippen LogP contribution in [0, 0.1) is 0 Å². The van der Waals surface area contributed by atoms with E-state index in [0.717, 1.165) is 69.1 Å². The van der Waals surface area contributed by atoms with Crippen molar-refractivity contribution in [1.82, 2.24) is 26.2 Å². The Morgan fingerprint density at radius 1 is 0.408 bits per heavy atom. The molecule has 0 rings (SSSR count). The van der Waals surface area contributed by atoms with Crippen LogP contribution >= 0.6 is 0 Å². The lowest BCUT2D eigenvalue weighted by Crippen LogP contribution is -2.53. The standard InChI is InChI=1S/C51H99N5O15/c1-3-5-7-9-10-11-12-13-14-15-16-17-18-19-20-21-22-23-24-26-28-38(49(69)52-31-27-25-8-6-4-2)55-41(61)29-30-42(62)56(34-32-53-50(70)47(67)45(65)43(63)39(59)36-57)35-33-54-51(71)48(68)46(66)44(64)40(60)37-58/h38-40,43-48,57-60,63-68H,3-37H2,1-2H3,(H,52,69)(H,53,70)(H,54,71)(H,55,61)/t38?,39-,40+,43+,44-,45-,46+,47+,48-. The molecule has 71 heavy (non-hydrogen) atoms. The number of nitrogens with one attached hydrogen (secondary N) is 4. The van der Waals surface area contributed by atoms with Gasteiger partial charge in [-0.2, -0.15) is 0 Å². The maximum atomic E-state index is 13.5. The Morgan fingerprint density at radius 2 is 0.746 bits per heavy atom. The monoisotopic (exact) mass is 1020 g/mol. The zero-order valence-corrected chi connectivity index (χ0v) is 43.4. The van der Waals surface area contributed by atoms with Gasteiger partial charge in [0.1, 0.15) is 42.7 Å². The minimum Gasteiger partial charge on any atom is -0.394 e. The molecule has 20 nitrogen and oxygen atoms in total. The molecule has 0 saturated carbocycles. The predicted octanol–water partition coefficient (Wildman–Crippen LogP) is 1.48. The molecular formula is C51H99N5O15. The SMILES string of the molecule is CCCCCCCCCCCCCCCCCCCCCCC(NC(=O)CCC(=O)N(CCNC(=O)[C@@H](O)[C@H](O)[C@@H](O)[C@H](O)CO)CCNC(=O)[C@H](O)[C@@H](O)[C@H](O)[C@@H](O)CO)C(=O)NCCCCCCC. The van der Waals surface area contributed by atoms with Crippen LogP contribution in [0.4, 0.5) is 0 Å². The average Bonchev–Trinajstić information content (AvgIpc) is 3.37. The van der Waals surface area contributed by atoms with Gasteiger partial charge in [-0.3, -0.25) is 24.0 Å². The number of hydrogen-bond donors (Lipinski definition) is 14. The van der Waals surface area contributed by atoms with Crippen LogP contribution in [0.3, 0.4) is 0 Å². The molecule has 0 saturated heterocycles. The summed E-state index contributed by atoms with van der Waals surface area (Å²) in [5, 5.41) is 108. The first-order chi connectivity index (χ1) is 34.1. The molecule has 0 aromatic heterocycles. The summed E-state index contributed by atoms with van der Waals surface area (Å²) in [6.45, 7) is 1.61. The number of aliphatic hydroxyl groups is 10. The lowest BCUT2D eigenvalue weighted by Gasteiger charge is -2.27. The summed E-state index contributed by atoms with van der Waals surface area (Å²) in [5.74, 6) is -3.91. The van der Waals surface area contributed by atoms with Crippen molar-refractivity contribution in [2.45, 2.75) is 249 Å². The fraction of sp³-hybridized carbons (Fsp3) is 0.902. The van der Waals surface area contributed by atoms with E-state index in [1.807, 2.05) is 0 Å². The van der Waals surface area contributed by atoms with Crippen LogP contribution in [-0.2, 0) is 24.0 Å². The summed E-state index contributed by atoms with van der Waals surface area (Å²) >= 11 is 0. The van der Waals surface area contributed by atoms with Gasteiger partial charge in [-0.15, -0.1) is 0 Å². The van der Waals surface area contributed by atoms with Crippen LogP contribution in [0.2, 0.25) is 0 Å². The Morgan fingerprint density at radius 3 is 1.11 bits per heavy atom. The summed E-state index contributed by atoms with van der Waals surface area (Å²) in [6.07, 6.45) is 12.9. The molecular weight excluding hydrogens is 923 g/mol. The smallest absolute Gasteiger partial charge is 0.251 e. The molecule has 0 heterocycles. The second-order valence-corrected chi connectivity index (χ2v) is 19.1. The molecule has 1 unspecified atom stereocenters. The maximum absolute atomic E-state index is 13.5. The van der Waals surface area contributed by atoms with Gasteiger partial charge in [-0.1, -0.05) is 168 Å². The van der Waals surface area contributed by atoms with Crippen LogP contribution in [0.25, 0.3) is 0 Å². The van der Waals surface area contributed by atoms with E-state index in [9.17, 15) is 64.8 Å². The third-order valence-electron chi connectivity index (χ3n) is 12.9.